The molecule has 0 bridgehead atoms. The molecule has 0 aliphatic heterocycles. The lowest BCUT2D eigenvalue weighted by atomic mass is 10.3. The van der Waals surface area contributed by atoms with E-state index in [1.807, 2.05) is 0 Å². The predicted molar refractivity (Wildman–Crippen MR) is 48.2 cm³/mol. The van der Waals surface area contributed by atoms with Crippen molar-refractivity contribution in [1.29, 1.82) is 0 Å². The van der Waals surface area contributed by atoms with Crippen molar-refractivity contribution < 1.29 is 30.9 Å². The number of unbranched alkanes of at least 4 members (excludes halogenated alkanes) is 1. The smallest absolute Gasteiger partial charge is 0.329 e. The lowest BCUT2D eigenvalue weighted by Gasteiger charge is -2.06. The fourth-order valence-corrected chi connectivity index (χ4v) is 1.25. The summed E-state index contributed by atoms with van der Waals surface area (Å²) in [7, 11) is -4.44. The van der Waals surface area contributed by atoms with Crippen LogP contribution in [-0.4, -0.2) is 32.9 Å². The van der Waals surface area contributed by atoms with E-state index in [2.05, 4.69) is 4.74 Å². The molecule has 0 fully saturated rings. The second-order valence-corrected chi connectivity index (χ2v) is 4.25. The monoisotopic (exact) mass is 250 g/mol. The van der Waals surface area contributed by atoms with Gasteiger partial charge in [0.2, 0.25) is 0 Å². The molecule has 0 aromatic rings. The van der Waals surface area contributed by atoms with Crippen molar-refractivity contribution in [2.24, 2.45) is 0 Å². The number of carbonyl (C=O) groups is 1. The van der Waals surface area contributed by atoms with Gasteiger partial charge in [0.1, 0.15) is 6.10 Å². The van der Waals surface area contributed by atoms with Gasteiger partial charge >= 0.3 is 16.3 Å². The molecule has 0 spiro atoms. The molecule has 0 N–H and O–H groups in total. The first-order valence-electron chi connectivity index (χ1n) is 4.06. The van der Waals surface area contributed by atoms with Crippen LogP contribution in [0.25, 0.3) is 0 Å². The van der Waals surface area contributed by atoms with Crippen molar-refractivity contribution in [3.8, 4) is 0 Å². The lowest BCUT2D eigenvalue weighted by molar-refractivity contribution is -0.140. The van der Waals surface area contributed by atoms with Gasteiger partial charge in [-0.05, 0) is 19.8 Å². The molecule has 8 heteroatoms. The average molecular weight is 250 g/mol. The van der Waals surface area contributed by atoms with Gasteiger partial charge in [-0.25, -0.2) is 0 Å². The molecule has 1 unspecified atom stereocenters. The topological polar surface area (TPSA) is 60.4 Å². The number of rotatable bonds is 7. The van der Waals surface area contributed by atoms with E-state index in [0.717, 1.165) is 0 Å². The number of hydrogen-bond acceptors (Lipinski definition) is 4. The first-order chi connectivity index (χ1) is 6.33. The van der Waals surface area contributed by atoms with Crippen LogP contribution in [0.4, 0.5) is 13.0 Å². The summed E-state index contributed by atoms with van der Waals surface area (Å²) in [5, 5.41) is 0. The molecule has 15 heavy (non-hydrogen) atoms. The molecule has 1 atom stereocenters. The van der Waals surface area contributed by atoms with E-state index in [4.69, 9.17) is 0 Å². The van der Waals surface area contributed by atoms with Crippen molar-refractivity contribution in [2.75, 3.05) is 12.4 Å². The van der Waals surface area contributed by atoms with Gasteiger partial charge in [-0.2, -0.15) is 12.8 Å². The molecule has 0 aromatic heterocycles. The number of hydrogen-bond donors (Lipinski definition) is 0. The van der Waals surface area contributed by atoms with Crippen LogP contribution in [0, 0.1) is 0 Å². The zero-order chi connectivity index (χ0) is 11.2. The number of halogens is 3. The Morgan fingerprint density at radius 3 is 2.33 bits per heavy atom. The summed E-state index contributed by atoms with van der Waals surface area (Å²) < 4.78 is 48.5. The molecule has 0 aliphatic carbocycles. The molecule has 92 valence electrons. The minimum absolute atomic E-state index is 0. The fraction of sp³-hybridized carbons (Fsp3) is 0.857. The van der Waals surface area contributed by atoms with Crippen molar-refractivity contribution in [2.45, 2.75) is 25.9 Å². The van der Waals surface area contributed by atoms with E-state index in [1.54, 1.807) is 0 Å². The Labute approximate surface area is 86.2 Å². The van der Waals surface area contributed by atoms with Crippen LogP contribution in [0.3, 0.4) is 0 Å². The van der Waals surface area contributed by atoms with Gasteiger partial charge in [0.05, 0.1) is 5.75 Å². The van der Waals surface area contributed by atoms with Gasteiger partial charge in [-0.15, -0.1) is 3.89 Å². The van der Waals surface area contributed by atoms with Crippen LogP contribution in [0.1, 0.15) is 19.8 Å². The van der Waals surface area contributed by atoms with Crippen molar-refractivity contribution in [3.05, 3.63) is 0 Å². The molecule has 0 rings (SSSR count). The Kier molecular flexibility index (Phi) is 8.54. The van der Waals surface area contributed by atoms with Crippen molar-refractivity contribution in [1.82, 2.24) is 0 Å². The third kappa shape index (κ3) is 11.3. The van der Waals surface area contributed by atoms with E-state index < -0.39 is 28.1 Å². The van der Waals surface area contributed by atoms with Crippen LogP contribution in [0.2, 0.25) is 0 Å². The Bertz CT molecular complexity index is 278. The Morgan fingerprint density at radius 2 is 1.93 bits per heavy atom. The second-order valence-electron chi connectivity index (χ2n) is 2.77. The van der Waals surface area contributed by atoms with Crippen LogP contribution in [0.5, 0.6) is 0 Å². The van der Waals surface area contributed by atoms with E-state index >= 15 is 0 Å². The van der Waals surface area contributed by atoms with Gasteiger partial charge in [0.25, 0.3) is 0 Å². The molecular weight excluding hydrogens is 237 g/mol. The highest BCUT2D eigenvalue weighted by Crippen LogP contribution is 2.01. The SMILES string of the molecule is CC(OCCCCS(=O)(=O)F)C(=O)F.F. The molecule has 4 nitrogen and oxygen atoms in total. The Morgan fingerprint density at radius 1 is 1.40 bits per heavy atom. The molecule has 0 heterocycles. The summed E-state index contributed by atoms with van der Waals surface area (Å²) in [6, 6.07) is -1.58. The molecular formula is C7H13F3O4S. The molecule has 0 radical (unpaired) electrons. The van der Waals surface area contributed by atoms with Gasteiger partial charge in [0.15, 0.2) is 0 Å². The quantitative estimate of drug-likeness (QED) is 0.502. The Balaban J connectivity index is 0. The maximum atomic E-state index is 11.9. The average Bonchev–Trinajstić information content (AvgIpc) is 2.01. The highest BCUT2D eigenvalue weighted by molar-refractivity contribution is 7.86. The highest BCUT2D eigenvalue weighted by atomic mass is 32.3. The maximum Gasteiger partial charge on any atom is 0.329 e. The third-order valence-corrected chi connectivity index (χ3v) is 2.25. The third-order valence-electron chi connectivity index (χ3n) is 1.47. The Hall–Kier alpha value is -0.630. The highest BCUT2D eigenvalue weighted by Gasteiger charge is 2.11. The van der Waals surface area contributed by atoms with Gasteiger partial charge in [0, 0.05) is 6.61 Å². The van der Waals surface area contributed by atoms with Crippen LogP contribution in [-0.2, 0) is 19.8 Å². The lowest BCUT2D eigenvalue weighted by Crippen LogP contribution is -2.17. The molecule has 0 aliphatic rings. The zero-order valence-corrected chi connectivity index (χ0v) is 8.93. The first kappa shape index (κ1) is 16.8. The van der Waals surface area contributed by atoms with Crippen molar-refractivity contribution >= 4 is 16.3 Å². The number of carbonyl (C=O) groups excluding carboxylic acids is 1. The minimum Gasteiger partial charge on any atom is -0.368 e. The van der Waals surface area contributed by atoms with Crippen LogP contribution < -0.4 is 0 Å². The van der Waals surface area contributed by atoms with E-state index in [1.165, 1.54) is 6.92 Å². The standard InChI is InChI=1S/C7H12F2O4S.FH/c1-6(7(8)10)13-4-2-3-5-14(9,11)12;/h6H,2-5H2,1H3;1H. The molecule has 0 amide bonds. The summed E-state index contributed by atoms with van der Waals surface area (Å²) in [5.41, 5.74) is 0. The normalized spacial score (nSPS) is 13.0. The summed E-state index contributed by atoms with van der Waals surface area (Å²) in [4.78, 5) is 10.0. The number of ether oxygens (including phenoxy) is 1. The maximum absolute atomic E-state index is 11.9. The van der Waals surface area contributed by atoms with Crippen LogP contribution in [0.15, 0.2) is 0 Å². The van der Waals surface area contributed by atoms with E-state index in [0.29, 0.717) is 0 Å². The summed E-state index contributed by atoms with van der Waals surface area (Å²) in [5.74, 6) is -0.575. The summed E-state index contributed by atoms with van der Waals surface area (Å²) in [6.07, 6.45) is -0.788. The van der Waals surface area contributed by atoms with Crippen molar-refractivity contribution in [3.63, 3.8) is 0 Å². The fourth-order valence-electron chi connectivity index (χ4n) is 0.702. The summed E-state index contributed by atoms with van der Waals surface area (Å²) in [6.45, 7) is 1.28. The minimum atomic E-state index is -4.44. The molecule has 0 saturated carbocycles. The zero-order valence-electron chi connectivity index (χ0n) is 8.11. The second kappa shape index (κ2) is 7.63. The van der Waals surface area contributed by atoms with Crippen LogP contribution >= 0.6 is 0 Å². The van der Waals surface area contributed by atoms with E-state index in [-0.39, 0.29) is 24.2 Å². The van der Waals surface area contributed by atoms with Gasteiger partial charge in [-0.1, -0.05) is 0 Å². The predicted octanol–water partition coefficient (Wildman–Crippen LogP) is 1.12. The largest absolute Gasteiger partial charge is 0.368 e. The molecule has 0 aromatic carbocycles. The van der Waals surface area contributed by atoms with Gasteiger partial charge < -0.3 is 4.74 Å². The molecule has 0 saturated heterocycles. The summed E-state index contributed by atoms with van der Waals surface area (Å²) >= 11 is 0. The first-order valence-corrected chi connectivity index (χ1v) is 5.61. The van der Waals surface area contributed by atoms with Gasteiger partial charge in [-0.3, -0.25) is 9.50 Å². The van der Waals surface area contributed by atoms with E-state index in [9.17, 15) is 21.5 Å².